The number of rotatable bonds is 3. The summed E-state index contributed by atoms with van der Waals surface area (Å²) in [5.74, 6) is -2.53. The van der Waals surface area contributed by atoms with Gasteiger partial charge in [0.05, 0.1) is 11.3 Å². The molecule has 4 nitrogen and oxygen atoms in total. The van der Waals surface area contributed by atoms with Crippen LogP contribution in [-0.4, -0.2) is 20.0 Å². The van der Waals surface area contributed by atoms with Gasteiger partial charge in [-0.1, -0.05) is 6.07 Å². The maximum absolute atomic E-state index is 13.6. The smallest absolute Gasteiger partial charge is 0.258 e. The summed E-state index contributed by atoms with van der Waals surface area (Å²) in [5.41, 5.74) is 6.17. The van der Waals surface area contributed by atoms with Gasteiger partial charge in [-0.25, -0.2) is 8.78 Å². The molecule has 0 aliphatic heterocycles. The van der Waals surface area contributed by atoms with Gasteiger partial charge in [0.1, 0.15) is 11.6 Å². The average Bonchev–Trinajstić information content (AvgIpc) is 2.43. The number of nitrogen functional groups attached to an aromatic ring is 1. The van der Waals surface area contributed by atoms with Crippen molar-refractivity contribution >= 4 is 23.0 Å². The van der Waals surface area contributed by atoms with E-state index in [2.05, 4.69) is 5.32 Å². The maximum Gasteiger partial charge on any atom is 0.258 e. The fourth-order valence-corrected chi connectivity index (χ4v) is 1.80. The number of carbonyl (C=O) groups is 1. The monoisotopic (exact) mass is 291 g/mol. The lowest BCUT2D eigenvalue weighted by molar-refractivity contribution is 0.102. The number of anilines is 3. The number of halogens is 2. The van der Waals surface area contributed by atoms with Crippen LogP contribution in [0.3, 0.4) is 0 Å². The number of nitrogens with zero attached hydrogens (tertiary/aromatic N) is 1. The number of amides is 1. The molecule has 0 aliphatic carbocycles. The molecule has 0 radical (unpaired) electrons. The summed E-state index contributed by atoms with van der Waals surface area (Å²) in [6, 6.07) is 8.63. The van der Waals surface area contributed by atoms with Crippen LogP contribution < -0.4 is 16.0 Å². The summed E-state index contributed by atoms with van der Waals surface area (Å²) < 4.78 is 26.7. The van der Waals surface area contributed by atoms with Gasteiger partial charge in [0.2, 0.25) is 0 Å². The largest absolute Gasteiger partial charge is 0.396 e. The average molecular weight is 291 g/mol. The van der Waals surface area contributed by atoms with Gasteiger partial charge >= 0.3 is 0 Å². The van der Waals surface area contributed by atoms with E-state index in [1.54, 1.807) is 18.2 Å². The van der Waals surface area contributed by atoms with Gasteiger partial charge in [-0.2, -0.15) is 0 Å². The standard InChI is InChI=1S/C15H15F2N3O/c1-20(2)10-5-3-4-9(6-10)19-15(21)11-7-14(18)13(17)8-12(11)16/h3-8H,18H2,1-2H3,(H,19,21). The topological polar surface area (TPSA) is 58.4 Å². The van der Waals surface area contributed by atoms with E-state index in [0.717, 1.165) is 11.8 Å². The molecule has 2 rings (SSSR count). The van der Waals surface area contributed by atoms with Gasteiger partial charge in [-0.05, 0) is 24.3 Å². The first-order chi connectivity index (χ1) is 9.88. The molecular weight excluding hydrogens is 276 g/mol. The van der Waals surface area contributed by atoms with Crippen LogP contribution in [0.1, 0.15) is 10.4 Å². The van der Waals surface area contributed by atoms with E-state index in [-0.39, 0.29) is 11.3 Å². The fourth-order valence-electron chi connectivity index (χ4n) is 1.80. The van der Waals surface area contributed by atoms with Crippen LogP contribution in [0.5, 0.6) is 0 Å². The molecule has 0 aliphatic rings. The number of hydrogen-bond donors (Lipinski definition) is 2. The van der Waals surface area contributed by atoms with Crippen molar-refractivity contribution in [3.63, 3.8) is 0 Å². The molecule has 110 valence electrons. The van der Waals surface area contributed by atoms with E-state index < -0.39 is 17.5 Å². The molecule has 3 N–H and O–H groups in total. The maximum atomic E-state index is 13.6. The minimum Gasteiger partial charge on any atom is -0.396 e. The fraction of sp³-hybridized carbons (Fsp3) is 0.133. The van der Waals surface area contributed by atoms with Crippen LogP contribution in [0.15, 0.2) is 36.4 Å². The number of benzene rings is 2. The van der Waals surface area contributed by atoms with Crippen LogP contribution >= 0.6 is 0 Å². The molecule has 0 spiro atoms. The van der Waals surface area contributed by atoms with Crippen molar-refractivity contribution in [2.75, 3.05) is 30.0 Å². The second-order valence-corrected chi connectivity index (χ2v) is 4.75. The zero-order valence-electron chi connectivity index (χ0n) is 11.7. The van der Waals surface area contributed by atoms with Crippen LogP contribution in [-0.2, 0) is 0 Å². The Morgan fingerprint density at radius 1 is 1.14 bits per heavy atom. The highest BCUT2D eigenvalue weighted by molar-refractivity contribution is 6.05. The summed E-state index contributed by atoms with van der Waals surface area (Å²) in [4.78, 5) is 13.9. The number of carbonyl (C=O) groups excluding carboxylic acids is 1. The quantitative estimate of drug-likeness (QED) is 0.855. The summed E-state index contributed by atoms with van der Waals surface area (Å²) in [5, 5.41) is 2.56. The van der Waals surface area contributed by atoms with E-state index in [9.17, 15) is 13.6 Å². The van der Waals surface area contributed by atoms with Crippen LogP contribution in [0, 0.1) is 11.6 Å². The van der Waals surface area contributed by atoms with Gasteiger partial charge < -0.3 is 16.0 Å². The molecule has 0 unspecified atom stereocenters. The molecule has 0 heterocycles. The lowest BCUT2D eigenvalue weighted by Crippen LogP contribution is -2.15. The second kappa shape index (κ2) is 5.78. The van der Waals surface area contributed by atoms with Crippen molar-refractivity contribution in [1.82, 2.24) is 0 Å². The Balaban J connectivity index is 2.26. The molecule has 2 aromatic rings. The highest BCUT2D eigenvalue weighted by Crippen LogP contribution is 2.20. The van der Waals surface area contributed by atoms with Crippen LogP contribution in [0.25, 0.3) is 0 Å². The summed E-state index contributed by atoms with van der Waals surface area (Å²) in [7, 11) is 3.72. The van der Waals surface area contributed by atoms with E-state index in [1.165, 1.54) is 0 Å². The van der Waals surface area contributed by atoms with Crippen LogP contribution in [0.4, 0.5) is 25.8 Å². The van der Waals surface area contributed by atoms with Gasteiger partial charge in [-0.3, -0.25) is 4.79 Å². The third-order valence-electron chi connectivity index (χ3n) is 2.95. The zero-order valence-corrected chi connectivity index (χ0v) is 11.7. The minimum atomic E-state index is -0.956. The molecule has 0 bridgehead atoms. The predicted octanol–water partition coefficient (Wildman–Crippen LogP) is 2.87. The summed E-state index contributed by atoms with van der Waals surface area (Å²) >= 11 is 0. The van der Waals surface area contributed by atoms with Gasteiger partial charge in [0, 0.05) is 31.5 Å². The number of nitrogens with two attached hydrogens (primary N) is 1. The summed E-state index contributed by atoms with van der Waals surface area (Å²) in [6.07, 6.45) is 0. The molecule has 0 fully saturated rings. The van der Waals surface area contributed by atoms with Crippen molar-refractivity contribution in [2.24, 2.45) is 0 Å². The first kappa shape index (κ1) is 14.8. The van der Waals surface area contributed by atoms with Crippen molar-refractivity contribution in [2.45, 2.75) is 0 Å². The first-order valence-corrected chi connectivity index (χ1v) is 6.21. The van der Waals surface area contributed by atoms with Gasteiger partial charge in [0.25, 0.3) is 5.91 Å². The number of nitrogens with one attached hydrogen (secondary N) is 1. The molecule has 1 amide bonds. The molecule has 0 atom stereocenters. The Morgan fingerprint density at radius 2 is 1.86 bits per heavy atom. The van der Waals surface area contributed by atoms with E-state index in [4.69, 9.17) is 5.73 Å². The highest BCUT2D eigenvalue weighted by atomic mass is 19.1. The Hall–Kier alpha value is -2.63. The molecule has 0 saturated carbocycles. The van der Waals surface area contributed by atoms with Crippen molar-refractivity contribution in [3.8, 4) is 0 Å². The zero-order chi connectivity index (χ0) is 15.6. The molecule has 21 heavy (non-hydrogen) atoms. The lowest BCUT2D eigenvalue weighted by Gasteiger charge is -2.14. The Labute approximate surface area is 121 Å². The Kier molecular flexibility index (Phi) is 4.07. The number of hydrogen-bond acceptors (Lipinski definition) is 3. The minimum absolute atomic E-state index is 0.274. The van der Waals surface area contributed by atoms with E-state index >= 15 is 0 Å². The Morgan fingerprint density at radius 3 is 2.52 bits per heavy atom. The molecular formula is C15H15F2N3O. The van der Waals surface area contributed by atoms with Crippen molar-refractivity contribution in [1.29, 1.82) is 0 Å². The predicted molar refractivity (Wildman–Crippen MR) is 79.5 cm³/mol. The van der Waals surface area contributed by atoms with Gasteiger partial charge in [-0.15, -0.1) is 0 Å². The van der Waals surface area contributed by atoms with Crippen LogP contribution in [0.2, 0.25) is 0 Å². The normalized spacial score (nSPS) is 10.3. The SMILES string of the molecule is CN(C)c1cccc(NC(=O)c2cc(N)c(F)cc2F)c1. The van der Waals surface area contributed by atoms with E-state index in [0.29, 0.717) is 11.8 Å². The first-order valence-electron chi connectivity index (χ1n) is 6.21. The van der Waals surface area contributed by atoms with Crippen molar-refractivity contribution in [3.05, 3.63) is 53.6 Å². The van der Waals surface area contributed by atoms with Crippen molar-refractivity contribution < 1.29 is 13.6 Å². The molecule has 0 aromatic heterocycles. The molecule has 0 saturated heterocycles. The second-order valence-electron chi connectivity index (χ2n) is 4.75. The lowest BCUT2D eigenvalue weighted by atomic mass is 10.1. The van der Waals surface area contributed by atoms with E-state index in [1.807, 2.05) is 25.1 Å². The Bertz CT molecular complexity index is 687. The highest BCUT2D eigenvalue weighted by Gasteiger charge is 2.15. The third kappa shape index (κ3) is 3.28. The summed E-state index contributed by atoms with van der Waals surface area (Å²) in [6.45, 7) is 0. The van der Waals surface area contributed by atoms with Gasteiger partial charge in [0.15, 0.2) is 0 Å². The third-order valence-corrected chi connectivity index (χ3v) is 2.95. The molecule has 6 heteroatoms. The molecule has 2 aromatic carbocycles.